The van der Waals surface area contributed by atoms with E-state index in [-0.39, 0.29) is 28.4 Å². The third kappa shape index (κ3) is 2.18. The Morgan fingerprint density at radius 2 is 2.33 bits per heavy atom. The van der Waals surface area contributed by atoms with E-state index in [0.29, 0.717) is 0 Å². The summed E-state index contributed by atoms with van der Waals surface area (Å²) in [5.74, 6) is 0. The van der Waals surface area contributed by atoms with Gasteiger partial charge in [0.15, 0.2) is 12.0 Å². The Morgan fingerprint density at radius 3 is 2.73 bits per heavy atom. The first-order chi connectivity index (χ1) is 7.15. The summed E-state index contributed by atoms with van der Waals surface area (Å²) < 4.78 is 25.3. The number of halogens is 3. The van der Waals surface area contributed by atoms with Gasteiger partial charge in [-0.3, -0.25) is 4.79 Å². The van der Waals surface area contributed by atoms with Crippen molar-refractivity contribution < 1.29 is 13.6 Å². The number of nitriles is 1. The first-order valence-corrected chi connectivity index (χ1v) is 4.99. The van der Waals surface area contributed by atoms with Crippen LogP contribution in [0.1, 0.15) is 33.6 Å². The first kappa shape index (κ1) is 11.7. The number of hydrogen-bond acceptors (Lipinski definition) is 3. The molecule has 0 radical (unpaired) electrons. The predicted octanol–water partition coefficient (Wildman–Crippen LogP) is 2.60. The van der Waals surface area contributed by atoms with Crippen molar-refractivity contribution in [2.24, 2.45) is 0 Å². The van der Waals surface area contributed by atoms with E-state index in [1.54, 1.807) is 6.07 Å². The average molecular weight is 275 g/mol. The van der Waals surface area contributed by atoms with Crippen molar-refractivity contribution in [2.45, 2.75) is 11.8 Å². The molecule has 15 heavy (non-hydrogen) atoms. The zero-order valence-corrected chi connectivity index (χ0v) is 8.96. The Labute approximate surface area is 92.9 Å². The van der Waals surface area contributed by atoms with Gasteiger partial charge in [-0.25, -0.2) is 13.8 Å². The fraction of sp³-hybridized carbons (Fsp3) is 0.222. The molecule has 0 N–H and O–H groups in total. The molecular weight excluding hydrogens is 270 g/mol. The van der Waals surface area contributed by atoms with Gasteiger partial charge < -0.3 is 0 Å². The minimum absolute atomic E-state index is 0.159. The third-order valence-electron chi connectivity index (χ3n) is 1.83. The lowest BCUT2D eigenvalue weighted by Gasteiger charge is -2.09. The number of carbonyl (C=O) groups is 1. The standard InChI is InChI=1S/C9H5BrF2N2O/c10-1-5-3-14-7(2-13)6(4-15)8(5)9(11)12/h3-4,9H,1H2. The number of pyridine rings is 1. The molecule has 0 unspecified atom stereocenters. The second-order valence-corrected chi connectivity index (χ2v) is 3.18. The summed E-state index contributed by atoms with van der Waals surface area (Å²) >= 11 is 3.01. The Morgan fingerprint density at radius 1 is 1.67 bits per heavy atom. The number of aldehydes is 1. The molecule has 0 atom stereocenters. The number of alkyl halides is 3. The van der Waals surface area contributed by atoms with Gasteiger partial charge in [0, 0.05) is 17.1 Å². The van der Waals surface area contributed by atoms with Crippen molar-refractivity contribution in [2.75, 3.05) is 0 Å². The number of carbonyl (C=O) groups excluding carboxylic acids is 1. The second kappa shape index (κ2) is 4.94. The number of hydrogen-bond donors (Lipinski definition) is 0. The SMILES string of the molecule is N#Cc1ncc(CBr)c(C(F)F)c1C=O. The van der Waals surface area contributed by atoms with Gasteiger partial charge in [0.1, 0.15) is 6.07 Å². The highest BCUT2D eigenvalue weighted by molar-refractivity contribution is 9.08. The van der Waals surface area contributed by atoms with Gasteiger partial charge in [-0.15, -0.1) is 0 Å². The van der Waals surface area contributed by atoms with E-state index in [1.165, 1.54) is 6.20 Å². The van der Waals surface area contributed by atoms with Crippen LogP contribution in [0.15, 0.2) is 6.20 Å². The number of aromatic nitrogens is 1. The molecule has 3 nitrogen and oxygen atoms in total. The summed E-state index contributed by atoms with van der Waals surface area (Å²) in [4.78, 5) is 14.3. The average Bonchev–Trinajstić information content (AvgIpc) is 2.26. The molecule has 0 saturated heterocycles. The van der Waals surface area contributed by atoms with Crippen molar-refractivity contribution in [3.8, 4) is 6.07 Å². The molecule has 0 saturated carbocycles. The molecular formula is C9H5BrF2N2O. The predicted molar refractivity (Wildman–Crippen MR) is 51.9 cm³/mol. The molecule has 0 spiro atoms. The van der Waals surface area contributed by atoms with Crippen LogP contribution in [-0.4, -0.2) is 11.3 Å². The maximum atomic E-state index is 12.7. The lowest BCUT2D eigenvalue weighted by Crippen LogP contribution is -2.04. The lowest BCUT2D eigenvalue weighted by molar-refractivity contribution is 0.110. The molecule has 1 aromatic heterocycles. The van der Waals surface area contributed by atoms with Gasteiger partial charge in [-0.1, -0.05) is 15.9 Å². The molecule has 0 fully saturated rings. The van der Waals surface area contributed by atoms with E-state index in [9.17, 15) is 13.6 Å². The van der Waals surface area contributed by atoms with Crippen LogP contribution >= 0.6 is 15.9 Å². The van der Waals surface area contributed by atoms with Crippen molar-refractivity contribution in [1.82, 2.24) is 4.98 Å². The summed E-state index contributed by atoms with van der Waals surface area (Å²) in [6.07, 6.45) is -1.39. The van der Waals surface area contributed by atoms with Crippen molar-refractivity contribution in [1.29, 1.82) is 5.26 Å². The van der Waals surface area contributed by atoms with Crippen molar-refractivity contribution in [3.05, 3.63) is 28.6 Å². The maximum Gasteiger partial charge on any atom is 0.264 e. The first-order valence-electron chi connectivity index (χ1n) is 3.86. The highest BCUT2D eigenvalue weighted by Crippen LogP contribution is 2.28. The van der Waals surface area contributed by atoms with E-state index >= 15 is 0 Å². The summed E-state index contributed by atoms with van der Waals surface area (Å²) in [5.41, 5.74) is -0.811. The van der Waals surface area contributed by atoms with Gasteiger partial charge in [0.2, 0.25) is 0 Å². The normalized spacial score (nSPS) is 10.1. The van der Waals surface area contributed by atoms with Gasteiger partial charge in [0.25, 0.3) is 6.43 Å². The molecule has 0 amide bonds. The van der Waals surface area contributed by atoms with Crippen LogP contribution in [-0.2, 0) is 5.33 Å². The maximum absolute atomic E-state index is 12.7. The molecule has 78 valence electrons. The van der Waals surface area contributed by atoms with Gasteiger partial charge >= 0.3 is 0 Å². The zero-order chi connectivity index (χ0) is 11.4. The highest BCUT2D eigenvalue weighted by atomic mass is 79.9. The monoisotopic (exact) mass is 274 g/mol. The van der Waals surface area contributed by atoms with Crippen LogP contribution in [0, 0.1) is 11.3 Å². The van der Waals surface area contributed by atoms with E-state index in [4.69, 9.17) is 5.26 Å². The number of rotatable bonds is 3. The fourth-order valence-corrected chi connectivity index (χ4v) is 1.60. The van der Waals surface area contributed by atoms with Crippen LogP contribution in [0.5, 0.6) is 0 Å². The third-order valence-corrected chi connectivity index (χ3v) is 2.43. The Kier molecular flexibility index (Phi) is 3.86. The molecule has 0 aliphatic heterocycles. The minimum Gasteiger partial charge on any atom is -0.298 e. The van der Waals surface area contributed by atoms with Gasteiger partial charge in [-0.2, -0.15) is 5.26 Å². The quantitative estimate of drug-likeness (QED) is 0.629. The van der Waals surface area contributed by atoms with Crippen molar-refractivity contribution >= 4 is 22.2 Å². The Hall–Kier alpha value is -1.35. The summed E-state index contributed by atoms with van der Waals surface area (Å²) in [5, 5.41) is 8.75. The molecule has 1 heterocycles. The largest absolute Gasteiger partial charge is 0.298 e. The van der Waals surface area contributed by atoms with E-state index < -0.39 is 12.0 Å². The van der Waals surface area contributed by atoms with Gasteiger partial charge in [0.05, 0.1) is 5.56 Å². The second-order valence-electron chi connectivity index (χ2n) is 2.62. The fourth-order valence-electron chi connectivity index (χ4n) is 1.15. The van der Waals surface area contributed by atoms with Crippen LogP contribution in [0.2, 0.25) is 0 Å². The van der Waals surface area contributed by atoms with Crippen LogP contribution in [0.25, 0.3) is 0 Å². The lowest BCUT2D eigenvalue weighted by atomic mass is 10.0. The molecule has 0 aromatic carbocycles. The molecule has 0 aliphatic carbocycles. The molecule has 1 aromatic rings. The molecule has 6 heteroatoms. The van der Waals surface area contributed by atoms with Crippen LogP contribution in [0.4, 0.5) is 8.78 Å². The minimum atomic E-state index is -2.80. The van der Waals surface area contributed by atoms with Crippen LogP contribution in [0.3, 0.4) is 0 Å². The summed E-state index contributed by atoms with van der Waals surface area (Å²) in [7, 11) is 0. The molecule has 0 bridgehead atoms. The topological polar surface area (TPSA) is 53.8 Å². The Balaban J connectivity index is 3.53. The van der Waals surface area contributed by atoms with Crippen LogP contribution < -0.4 is 0 Å². The zero-order valence-electron chi connectivity index (χ0n) is 7.38. The van der Waals surface area contributed by atoms with Gasteiger partial charge in [-0.05, 0) is 5.56 Å². The molecule has 1 rings (SSSR count). The molecule has 0 aliphatic rings. The van der Waals surface area contributed by atoms with Crippen molar-refractivity contribution in [3.63, 3.8) is 0 Å². The van der Waals surface area contributed by atoms with E-state index in [1.807, 2.05) is 0 Å². The Bertz CT molecular complexity index is 429. The van der Waals surface area contributed by atoms with E-state index in [0.717, 1.165) is 0 Å². The number of nitrogens with zero attached hydrogens (tertiary/aromatic N) is 2. The highest BCUT2D eigenvalue weighted by Gasteiger charge is 2.20. The van der Waals surface area contributed by atoms with E-state index in [2.05, 4.69) is 20.9 Å². The summed E-state index contributed by atoms with van der Waals surface area (Å²) in [6, 6.07) is 1.60. The summed E-state index contributed by atoms with van der Waals surface area (Å²) in [6.45, 7) is 0. The smallest absolute Gasteiger partial charge is 0.264 e.